The van der Waals surface area contributed by atoms with E-state index in [1.807, 2.05) is 0 Å². The van der Waals surface area contributed by atoms with E-state index in [0.29, 0.717) is 17.7 Å². The number of aromatic nitrogens is 3. The molecule has 0 aromatic carbocycles. The Morgan fingerprint density at radius 1 is 1.83 bits per heavy atom. The lowest BCUT2D eigenvalue weighted by atomic mass is 10.5. The van der Waals surface area contributed by atoms with Crippen molar-refractivity contribution in [3.8, 4) is 0 Å². The summed E-state index contributed by atoms with van der Waals surface area (Å²) in [5.41, 5.74) is 0. The Morgan fingerprint density at radius 3 is 3.08 bits per heavy atom. The molecule has 0 saturated carbocycles. The van der Waals surface area contributed by atoms with Crippen LogP contribution in [0.1, 0.15) is 6.42 Å². The highest BCUT2D eigenvalue weighted by molar-refractivity contribution is 9.09. The molecule has 5 nitrogen and oxygen atoms in total. The molecule has 1 amide bonds. The van der Waals surface area contributed by atoms with Crippen LogP contribution in [0.2, 0.25) is 0 Å². The Kier molecular flexibility index (Phi) is 3.21. The number of hydrogen-bond acceptors (Lipinski definition) is 3. The van der Waals surface area contributed by atoms with E-state index in [9.17, 15) is 4.79 Å². The molecule has 0 unspecified atom stereocenters. The number of anilines is 1. The second-order valence-corrected chi connectivity index (χ2v) is 2.99. The quantitative estimate of drug-likeness (QED) is 0.775. The van der Waals surface area contributed by atoms with Gasteiger partial charge in [-0.05, 0) is 0 Å². The lowest BCUT2D eigenvalue weighted by Crippen LogP contribution is -2.15. The van der Waals surface area contributed by atoms with Crippen molar-refractivity contribution in [3.63, 3.8) is 0 Å². The van der Waals surface area contributed by atoms with E-state index in [1.54, 1.807) is 7.05 Å². The van der Waals surface area contributed by atoms with Gasteiger partial charge in [0.05, 0.1) is 0 Å². The van der Waals surface area contributed by atoms with Gasteiger partial charge < -0.3 is 0 Å². The van der Waals surface area contributed by atoms with Crippen LogP contribution in [0.25, 0.3) is 0 Å². The zero-order valence-corrected chi connectivity index (χ0v) is 8.21. The zero-order valence-electron chi connectivity index (χ0n) is 6.62. The fraction of sp³-hybridized carbons (Fsp3) is 0.500. The van der Waals surface area contributed by atoms with E-state index >= 15 is 0 Å². The van der Waals surface area contributed by atoms with Gasteiger partial charge >= 0.3 is 0 Å². The molecule has 0 bridgehead atoms. The number of nitrogens with one attached hydrogen (secondary N) is 1. The molecule has 0 aliphatic heterocycles. The molecule has 1 aromatic rings. The minimum Gasteiger partial charge on any atom is -0.295 e. The van der Waals surface area contributed by atoms with Gasteiger partial charge in [0, 0.05) is 18.8 Å². The van der Waals surface area contributed by atoms with Crippen LogP contribution in [0, 0.1) is 0 Å². The van der Waals surface area contributed by atoms with Gasteiger partial charge in [-0.25, -0.2) is 4.68 Å². The van der Waals surface area contributed by atoms with Crippen LogP contribution >= 0.6 is 15.9 Å². The van der Waals surface area contributed by atoms with Crippen molar-refractivity contribution in [1.29, 1.82) is 0 Å². The van der Waals surface area contributed by atoms with Crippen molar-refractivity contribution in [1.82, 2.24) is 14.8 Å². The van der Waals surface area contributed by atoms with Crippen LogP contribution in [0.4, 0.5) is 5.95 Å². The summed E-state index contributed by atoms with van der Waals surface area (Å²) in [5, 5.41) is 7.07. The standard InChI is InChI=1S/C6H9BrN4O/c1-11-6(8-4-9-11)10-5(12)2-3-7/h4H,2-3H2,1H3,(H,8,9,10,12). The SMILES string of the molecule is Cn1ncnc1NC(=O)CCBr. The van der Waals surface area contributed by atoms with Gasteiger partial charge in [0.25, 0.3) is 0 Å². The molecule has 0 atom stereocenters. The summed E-state index contributed by atoms with van der Waals surface area (Å²) >= 11 is 3.17. The lowest BCUT2D eigenvalue weighted by Gasteiger charge is -2.00. The number of carbonyl (C=O) groups excluding carboxylic acids is 1. The topological polar surface area (TPSA) is 59.8 Å². The van der Waals surface area contributed by atoms with E-state index in [-0.39, 0.29) is 5.91 Å². The molecule has 12 heavy (non-hydrogen) atoms. The molecular weight excluding hydrogens is 224 g/mol. The smallest absolute Gasteiger partial charge is 0.227 e. The fourth-order valence-corrected chi connectivity index (χ4v) is 1.04. The highest BCUT2D eigenvalue weighted by Crippen LogP contribution is 1.99. The molecule has 0 aliphatic carbocycles. The van der Waals surface area contributed by atoms with E-state index in [4.69, 9.17) is 0 Å². The third-order valence-corrected chi connectivity index (χ3v) is 1.68. The van der Waals surface area contributed by atoms with E-state index in [1.165, 1.54) is 11.0 Å². The molecule has 0 saturated heterocycles. The highest BCUT2D eigenvalue weighted by atomic mass is 79.9. The molecule has 0 spiro atoms. The average molecular weight is 233 g/mol. The Hall–Kier alpha value is -0.910. The average Bonchev–Trinajstić information content (AvgIpc) is 2.37. The number of carbonyl (C=O) groups is 1. The van der Waals surface area contributed by atoms with Crippen LogP contribution in [0.5, 0.6) is 0 Å². The zero-order chi connectivity index (χ0) is 8.97. The summed E-state index contributed by atoms with van der Waals surface area (Å²) < 4.78 is 1.51. The van der Waals surface area contributed by atoms with E-state index in [2.05, 4.69) is 31.3 Å². The molecule has 0 aliphatic rings. The van der Waals surface area contributed by atoms with Crippen LogP contribution < -0.4 is 5.32 Å². The second-order valence-electron chi connectivity index (χ2n) is 2.19. The number of hydrogen-bond donors (Lipinski definition) is 1. The number of nitrogens with zero attached hydrogens (tertiary/aromatic N) is 3. The Labute approximate surface area is 78.3 Å². The molecule has 1 N–H and O–H groups in total. The molecule has 66 valence electrons. The van der Waals surface area contributed by atoms with Crippen LogP contribution in [-0.2, 0) is 11.8 Å². The van der Waals surface area contributed by atoms with Gasteiger partial charge in [-0.2, -0.15) is 10.1 Å². The maximum atomic E-state index is 11.0. The fourth-order valence-electron chi connectivity index (χ4n) is 0.682. The Morgan fingerprint density at radius 2 is 2.58 bits per heavy atom. The third kappa shape index (κ3) is 2.30. The normalized spacial score (nSPS) is 9.83. The number of alkyl halides is 1. The molecule has 0 fully saturated rings. The monoisotopic (exact) mass is 232 g/mol. The first-order valence-corrected chi connectivity index (χ1v) is 4.56. The van der Waals surface area contributed by atoms with E-state index in [0.717, 1.165) is 0 Å². The third-order valence-electron chi connectivity index (χ3n) is 1.28. The van der Waals surface area contributed by atoms with Crippen LogP contribution in [0.15, 0.2) is 6.33 Å². The molecule has 1 aromatic heterocycles. The maximum absolute atomic E-state index is 11.0. The minimum absolute atomic E-state index is 0.0667. The number of halogens is 1. The molecule has 0 radical (unpaired) electrons. The van der Waals surface area contributed by atoms with Gasteiger partial charge in [0.2, 0.25) is 11.9 Å². The first kappa shape index (κ1) is 9.18. The number of rotatable bonds is 3. The summed E-state index contributed by atoms with van der Waals surface area (Å²) in [4.78, 5) is 14.9. The van der Waals surface area contributed by atoms with Crippen molar-refractivity contribution >= 4 is 27.8 Å². The number of aryl methyl sites for hydroxylation is 1. The molecule has 1 heterocycles. The van der Waals surface area contributed by atoms with Crippen molar-refractivity contribution < 1.29 is 4.79 Å². The van der Waals surface area contributed by atoms with Gasteiger partial charge in [-0.1, -0.05) is 15.9 Å². The number of amides is 1. The van der Waals surface area contributed by atoms with Crippen molar-refractivity contribution in [2.45, 2.75) is 6.42 Å². The Bertz CT molecular complexity index is 272. The van der Waals surface area contributed by atoms with Gasteiger partial charge in [0.1, 0.15) is 6.33 Å². The van der Waals surface area contributed by atoms with Crippen LogP contribution in [-0.4, -0.2) is 26.0 Å². The molecule has 1 rings (SSSR count). The predicted molar refractivity (Wildman–Crippen MR) is 48.0 cm³/mol. The van der Waals surface area contributed by atoms with Crippen LogP contribution in [0.3, 0.4) is 0 Å². The molecular formula is C6H9BrN4O. The summed E-state index contributed by atoms with van der Waals surface area (Å²) in [5.74, 6) is 0.406. The summed E-state index contributed by atoms with van der Waals surface area (Å²) in [6.45, 7) is 0. The Balaban J connectivity index is 2.52. The summed E-state index contributed by atoms with van der Waals surface area (Å²) in [6, 6.07) is 0. The van der Waals surface area contributed by atoms with Gasteiger partial charge in [0.15, 0.2) is 0 Å². The minimum atomic E-state index is -0.0667. The van der Waals surface area contributed by atoms with E-state index < -0.39 is 0 Å². The highest BCUT2D eigenvalue weighted by Gasteiger charge is 2.04. The van der Waals surface area contributed by atoms with Crippen molar-refractivity contribution in [2.75, 3.05) is 10.6 Å². The first-order chi connectivity index (χ1) is 5.74. The predicted octanol–water partition coefficient (Wildman–Crippen LogP) is 0.539. The second kappa shape index (κ2) is 4.20. The summed E-state index contributed by atoms with van der Waals surface area (Å²) in [7, 11) is 1.72. The first-order valence-electron chi connectivity index (χ1n) is 3.44. The molecule has 6 heteroatoms. The van der Waals surface area contributed by atoms with Gasteiger partial charge in [-0.3, -0.25) is 10.1 Å². The lowest BCUT2D eigenvalue weighted by molar-refractivity contribution is -0.115. The maximum Gasteiger partial charge on any atom is 0.227 e. The summed E-state index contributed by atoms with van der Waals surface area (Å²) in [6.07, 6.45) is 1.83. The van der Waals surface area contributed by atoms with Crippen molar-refractivity contribution in [2.24, 2.45) is 7.05 Å². The van der Waals surface area contributed by atoms with Gasteiger partial charge in [-0.15, -0.1) is 0 Å². The largest absolute Gasteiger partial charge is 0.295 e. The van der Waals surface area contributed by atoms with Crippen molar-refractivity contribution in [3.05, 3.63) is 6.33 Å².